The standard InChI is InChI=1S/C26H27F2N3O5/c1-16-4-5-19(30-24(33)21-12-18(6-7-29-21)25(2,27)28)13-20(16)17-10-22(26(34-3)14-35-15-26)31-23(11-17)36-9-8-32/h4-7,10-13,32H,8-9,14-15H2,1-3H3,(H,30,33). The fourth-order valence-corrected chi connectivity index (χ4v) is 3.81. The molecule has 0 spiro atoms. The molecule has 36 heavy (non-hydrogen) atoms. The lowest BCUT2D eigenvalue weighted by Gasteiger charge is -2.39. The van der Waals surface area contributed by atoms with Gasteiger partial charge in [0.1, 0.15) is 12.3 Å². The van der Waals surface area contributed by atoms with Crippen LogP contribution in [0.3, 0.4) is 0 Å². The van der Waals surface area contributed by atoms with Crippen LogP contribution in [-0.2, 0) is 21.0 Å². The number of halogens is 2. The molecule has 0 atom stereocenters. The van der Waals surface area contributed by atoms with Gasteiger partial charge >= 0.3 is 0 Å². The predicted octanol–water partition coefficient (Wildman–Crippen LogP) is 4.06. The van der Waals surface area contributed by atoms with Gasteiger partial charge in [0.2, 0.25) is 5.88 Å². The fraction of sp³-hybridized carbons (Fsp3) is 0.346. The van der Waals surface area contributed by atoms with Crippen LogP contribution in [0.15, 0.2) is 48.7 Å². The number of anilines is 1. The van der Waals surface area contributed by atoms with Crippen molar-refractivity contribution in [3.05, 3.63) is 71.2 Å². The van der Waals surface area contributed by atoms with Gasteiger partial charge in [0.15, 0.2) is 5.60 Å². The van der Waals surface area contributed by atoms with Crippen LogP contribution in [0.4, 0.5) is 14.5 Å². The monoisotopic (exact) mass is 499 g/mol. The van der Waals surface area contributed by atoms with E-state index in [1.807, 2.05) is 19.1 Å². The molecule has 2 N–H and O–H groups in total. The van der Waals surface area contributed by atoms with Gasteiger partial charge in [-0.2, -0.15) is 0 Å². The summed E-state index contributed by atoms with van der Waals surface area (Å²) in [6.07, 6.45) is 1.18. The molecule has 0 saturated carbocycles. The maximum absolute atomic E-state index is 13.7. The summed E-state index contributed by atoms with van der Waals surface area (Å²) in [5, 5.41) is 11.9. The first kappa shape index (κ1) is 25.6. The van der Waals surface area contributed by atoms with Gasteiger partial charge in [0, 0.05) is 37.5 Å². The first-order valence-electron chi connectivity index (χ1n) is 11.3. The normalized spacial score (nSPS) is 14.7. The average molecular weight is 500 g/mol. The minimum absolute atomic E-state index is 0.0737. The van der Waals surface area contributed by atoms with Crippen LogP contribution in [-0.4, -0.2) is 54.5 Å². The summed E-state index contributed by atoms with van der Waals surface area (Å²) >= 11 is 0. The van der Waals surface area contributed by atoms with E-state index in [1.54, 1.807) is 25.3 Å². The topological polar surface area (TPSA) is 103 Å². The molecule has 3 aromatic rings. The Morgan fingerprint density at radius 1 is 1.22 bits per heavy atom. The molecule has 8 nitrogen and oxygen atoms in total. The third-order valence-electron chi connectivity index (χ3n) is 5.98. The third kappa shape index (κ3) is 5.35. The minimum atomic E-state index is -3.09. The van der Waals surface area contributed by atoms with Gasteiger partial charge in [-0.25, -0.2) is 13.8 Å². The molecule has 1 saturated heterocycles. The van der Waals surface area contributed by atoms with Gasteiger partial charge in [-0.05, 0) is 53.9 Å². The van der Waals surface area contributed by atoms with Crippen LogP contribution in [0.5, 0.6) is 5.88 Å². The highest BCUT2D eigenvalue weighted by Crippen LogP contribution is 2.37. The van der Waals surface area contributed by atoms with Gasteiger partial charge < -0.3 is 24.6 Å². The molecule has 0 unspecified atom stereocenters. The highest BCUT2D eigenvalue weighted by Gasteiger charge is 2.42. The number of hydrogen-bond acceptors (Lipinski definition) is 7. The molecule has 0 bridgehead atoms. The predicted molar refractivity (Wildman–Crippen MR) is 128 cm³/mol. The second-order valence-corrected chi connectivity index (χ2v) is 8.64. The molecule has 190 valence electrons. The Labute approximate surface area is 207 Å². The molecular formula is C26H27F2N3O5. The van der Waals surface area contributed by atoms with E-state index in [0.717, 1.165) is 29.7 Å². The number of aryl methyl sites for hydroxylation is 1. The lowest BCUT2D eigenvalue weighted by atomic mass is 9.92. The van der Waals surface area contributed by atoms with Crippen LogP contribution in [0.1, 0.15) is 34.2 Å². The van der Waals surface area contributed by atoms with Crippen molar-refractivity contribution in [2.24, 2.45) is 0 Å². The summed E-state index contributed by atoms with van der Waals surface area (Å²) in [4.78, 5) is 21.3. The largest absolute Gasteiger partial charge is 0.475 e. The van der Waals surface area contributed by atoms with Crippen molar-refractivity contribution in [1.82, 2.24) is 9.97 Å². The number of carbonyl (C=O) groups excluding carboxylic acids is 1. The van der Waals surface area contributed by atoms with E-state index in [0.29, 0.717) is 30.5 Å². The van der Waals surface area contributed by atoms with Gasteiger partial charge in [-0.15, -0.1) is 0 Å². The smallest absolute Gasteiger partial charge is 0.274 e. The summed E-state index contributed by atoms with van der Waals surface area (Å²) in [5.74, 6) is -3.38. The zero-order valence-corrected chi connectivity index (χ0v) is 20.2. The molecule has 0 aliphatic carbocycles. The van der Waals surface area contributed by atoms with Crippen molar-refractivity contribution in [2.45, 2.75) is 25.4 Å². The highest BCUT2D eigenvalue weighted by molar-refractivity contribution is 6.03. The second kappa shape index (κ2) is 10.3. The molecule has 1 aliphatic heterocycles. The number of aliphatic hydroxyl groups is 1. The fourth-order valence-electron chi connectivity index (χ4n) is 3.81. The number of methoxy groups -OCH3 is 1. The number of nitrogens with one attached hydrogen (secondary N) is 1. The number of benzene rings is 1. The van der Waals surface area contributed by atoms with E-state index in [1.165, 1.54) is 12.3 Å². The lowest BCUT2D eigenvalue weighted by Crippen LogP contribution is -2.48. The van der Waals surface area contributed by atoms with Crippen LogP contribution in [0, 0.1) is 6.92 Å². The third-order valence-corrected chi connectivity index (χ3v) is 5.98. The number of pyridine rings is 2. The number of ether oxygens (including phenoxy) is 3. The Hall–Kier alpha value is -3.47. The van der Waals surface area contributed by atoms with Gasteiger partial charge in [-0.1, -0.05) is 6.07 Å². The molecule has 2 aromatic heterocycles. The number of rotatable bonds is 9. The minimum Gasteiger partial charge on any atom is -0.475 e. The maximum Gasteiger partial charge on any atom is 0.274 e. The van der Waals surface area contributed by atoms with E-state index in [9.17, 15) is 18.7 Å². The second-order valence-electron chi connectivity index (χ2n) is 8.64. The summed E-state index contributed by atoms with van der Waals surface area (Å²) in [7, 11) is 1.59. The lowest BCUT2D eigenvalue weighted by molar-refractivity contribution is -0.204. The van der Waals surface area contributed by atoms with Gasteiger partial charge in [-0.3, -0.25) is 9.78 Å². The Balaban J connectivity index is 1.67. The molecule has 1 fully saturated rings. The molecule has 0 radical (unpaired) electrons. The Bertz CT molecular complexity index is 1250. The number of carbonyl (C=O) groups is 1. The molecular weight excluding hydrogens is 472 g/mol. The first-order valence-corrected chi connectivity index (χ1v) is 11.3. The van der Waals surface area contributed by atoms with Crippen molar-refractivity contribution in [3.8, 4) is 17.0 Å². The van der Waals surface area contributed by atoms with Crippen LogP contribution >= 0.6 is 0 Å². The van der Waals surface area contributed by atoms with Gasteiger partial charge in [0.25, 0.3) is 11.8 Å². The molecule has 1 amide bonds. The van der Waals surface area contributed by atoms with Gasteiger partial charge in [0.05, 0.1) is 25.5 Å². The average Bonchev–Trinajstić information content (AvgIpc) is 2.83. The van der Waals surface area contributed by atoms with Crippen molar-refractivity contribution >= 4 is 11.6 Å². The maximum atomic E-state index is 13.7. The summed E-state index contributed by atoms with van der Waals surface area (Å²) < 4.78 is 44.0. The Morgan fingerprint density at radius 2 is 2.00 bits per heavy atom. The molecule has 1 aromatic carbocycles. The van der Waals surface area contributed by atoms with E-state index < -0.39 is 17.4 Å². The molecule has 3 heterocycles. The van der Waals surface area contributed by atoms with E-state index >= 15 is 0 Å². The Kier molecular flexibility index (Phi) is 7.30. The van der Waals surface area contributed by atoms with E-state index in [4.69, 9.17) is 14.2 Å². The summed E-state index contributed by atoms with van der Waals surface area (Å²) in [5.41, 5.74) is 2.44. The number of aromatic nitrogens is 2. The number of hydrogen-bond donors (Lipinski definition) is 2. The number of amides is 1. The quantitative estimate of drug-likeness (QED) is 0.458. The van der Waals surface area contributed by atoms with E-state index in [2.05, 4.69) is 15.3 Å². The van der Waals surface area contributed by atoms with Crippen molar-refractivity contribution in [2.75, 3.05) is 38.9 Å². The first-order chi connectivity index (χ1) is 17.1. The zero-order valence-electron chi connectivity index (χ0n) is 20.2. The van der Waals surface area contributed by atoms with E-state index in [-0.39, 0.29) is 24.5 Å². The summed E-state index contributed by atoms with van der Waals surface area (Å²) in [6, 6.07) is 11.2. The molecule has 4 rings (SSSR count). The number of alkyl halides is 2. The number of aliphatic hydroxyl groups excluding tert-OH is 1. The molecule has 10 heteroatoms. The van der Waals surface area contributed by atoms with Crippen molar-refractivity contribution < 1.29 is 32.9 Å². The van der Waals surface area contributed by atoms with Crippen LogP contribution < -0.4 is 10.1 Å². The summed E-state index contributed by atoms with van der Waals surface area (Å²) in [6.45, 7) is 3.28. The zero-order chi connectivity index (χ0) is 25.9. The molecule has 1 aliphatic rings. The van der Waals surface area contributed by atoms with Crippen molar-refractivity contribution in [3.63, 3.8) is 0 Å². The SMILES string of the molecule is COC1(c2cc(-c3cc(NC(=O)c4cc(C(C)(F)F)ccn4)ccc3C)cc(OCCO)n2)COC1. The number of nitrogens with zero attached hydrogens (tertiary/aromatic N) is 2. The highest BCUT2D eigenvalue weighted by atomic mass is 19.3. The Morgan fingerprint density at radius 3 is 2.64 bits per heavy atom. The van der Waals surface area contributed by atoms with Crippen LogP contribution in [0.25, 0.3) is 11.1 Å². The van der Waals surface area contributed by atoms with Crippen molar-refractivity contribution in [1.29, 1.82) is 0 Å². The van der Waals surface area contributed by atoms with Crippen LogP contribution in [0.2, 0.25) is 0 Å².